The van der Waals surface area contributed by atoms with Crippen LogP contribution in [0, 0.1) is 5.41 Å². The van der Waals surface area contributed by atoms with Gasteiger partial charge < -0.3 is 16.0 Å². The summed E-state index contributed by atoms with van der Waals surface area (Å²) in [7, 11) is 0. The number of nitrogens with zero attached hydrogens (tertiary/aromatic N) is 3. The van der Waals surface area contributed by atoms with Gasteiger partial charge in [-0.05, 0) is 37.6 Å². The van der Waals surface area contributed by atoms with Gasteiger partial charge in [0.05, 0.1) is 0 Å². The number of hydrogen-bond donors (Lipinski definition) is 2. The number of aromatic nitrogens is 2. The molecule has 0 aromatic carbocycles. The second kappa shape index (κ2) is 5.36. The minimum Gasteiger partial charge on any atom is -0.382 e. The predicted molar refractivity (Wildman–Crippen MR) is 76.1 cm³/mol. The quantitative estimate of drug-likeness (QED) is 0.786. The zero-order chi connectivity index (χ0) is 14.0. The van der Waals surface area contributed by atoms with Crippen LogP contribution in [0.25, 0.3) is 0 Å². The largest absolute Gasteiger partial charge is 0.382 e. The molecule has 2 aliphatic heterocycles. The second-order valence-corrected chi connectivity index (χ2v) is 5.86. The van der Waals surface area contributed by atoms with Gasteiger partial charge in [0.1, 0.15) is 0 Å². The Bertz CT molecular complexity index is 488. The monoisotopic (exact) mass is 275 g/mol. The number of hydrogen-bond acceptors (Lipinski definition) is 5. The van der Waals surface area contributed by atoms with Crippen LogP contribution in [-0.2, 0) is 0 Å². The predicted octanol–water partition coefficient (Wildman–Crippen LogP) is 0.665. The smallest absolute Gasteiger partial charge is 0.276 e. The van der Waals surface area contributed by atoms with E-state index in [4.69, 9.17) is 5.73 Å². The summed E-state index contributed by atoms with van der Waals surface area (Å²) in [6.45, 7) is 3.79. The van der Waals surface area contributed by atoms with Crippen molar-refractivity contribution in [2.24, 2.45) is 5.41 Å². The number of nitrogens with one attached hydrogen (secondary N) is 1. The van der Waals surface area contributed by atoms with Crippen molar-refractivity contribution in [3.63, 3.8) is 0 Å². The lowest BCUT2D eigenvalue weighted by atomic mass is 9.73. The Morgan fingerprint density at radius 3 is 2.65 bits per heavy atom. The van der Waals surface area contributed by atoms with E-state index in [1.807, 2.05) is 4.90 Å². The minimum absolute atomic E-state index is 0.0887. The summed E-state index contributed by atoms with van der Waals surface area (Å²) in [6.07, 6.45) is 7.66. The third-order valence-electron chi connectivity index (χ3n) is 4.60. The Labute approximate surface area is 118 Å². The average Bonchev–Trinajstić information content (AvgIpc) is 2.49. The first-order valence-corrected chi connectivity index (χ1v) is 7.27. The average molecular weight is 275 g/mol. The molecule has 20 heavy (non-hydrogen) atoms. The van der Waals surface area contributed by atoms with E-state index in [1.165, 1.54) is 25.2 Å². The highest BCUT2D eigenvalue weighted by Crippen LogP contribution is 2.37. The summed E-state index contributed by atoms with van der Waals surface area (Å²) in [6, 6.07) is 0. The van der Waals surface area contributed by atoms with Crippen molar-refractivity contribution < 1.29 is 4.79 Å². The van der Waals surface area contributed by atoms with Crippen molar-refractivity contribution in [1.82, 2.24) is 20.2 Å². The highest BCUT2D eigenvalue weighted by molar-refractivity contribution is 5.96. The topological polar surface area (TPSA) is 84.1 Å². The van der Waals surface area contributed by atoms with Crippen molar-refractivity contribution >= 4 is 11.7 Å². The van der Waals surface area contributed by atoms with Crippen LogP contribution in [0.3, 0.4) is 0 Å². The molecule has 3 rings (SSSR count). The molecule has 0 bridgehead atoms. The molecule has 0 radical (unpaired) electrons. The summed E-state index contributed by atoms with van der Waals surface area (Å²) in [5, 5.41) is 3.48. The number of nitrogens with two attached hydrogens (primary N) is 1. The van der Waals surface area contributed by atoms with Crippen LogP contribution in [0.4, 0.5) is 5.82 Å². The summed E-state index contributed by atoms with van der Waals surface area (Å²) in [4.78, 5) is 22.3. The Morgan fingerprint density at radius 1 is 1.25 bits per heavy atom. The maximum atomic E-state index is 12.4. The van der Waals surface area contributed by atoms with Gasteiger partial charge in [-0.15, -0.1) is 0 Å². The number of piperidine rings is 2. The van der Waals surface area contributed by atoms with Crippen molar-refractivity contribution in [2.75, 3.05) is 31.9 Å². The highest BCUT2D eigenvalue weighted by atomic mass is 16.2. The molecular weight excluding hydrogens is 254 g/mol. The number of amides is 1. The third kappa shape index (κ3) is 2.47. The number of nitrogen functional groups attached to an aromatic ring is 1. The molecule has 0 aliphatic carbocycles. The Kier molecular flexibility index (Phi) is 3.56. The van der Waals surface area contributed by atoms with Gasteiger partial charge in [-0.3, -0.25) is 4.79 Å². The Hall–Kier alpha value is -1.69. The van der Waals surface area contributed by atoms with Gasteiger partial charge in [0.2, 0.25) is 0 Å². The first kappa shape index (κ1) is 13.3. The molecule has 2 saturated heterocycles. The van der Waals surface area contributed by atoms with E-state index < -0.39 is 0 Å². The molecule has 0 saturated carbocycles. The molecule has 1 aromatic rings. The SMILES string of the molecule is Nc1nccnc1C(=O)N1CCC2(CCCNC2)CC1. The number of rotatable bonds is 1. The van der Waals surface area contributed by atoms with Crippen LogP contribution < -0.4 is 11.1 Å². The molecular formula is C14H21N5O. The Balaban J connectivity index is 1.66. The summed E-state index contributed by atoms with van der Waals surface area (Å²) in [5.74, 6) is 0.131. The van der Waals surface area contributed by atoms with Gasteiger partial charge in [-0.1, -0.05) is 0 Å². The maximum Gasteiger partial charge on any atom is 0.276 e. The fraction of sp³-hybridized carbons (Fsp3) is 0.643. The molecule has 0 unspecified atom stereocenters. The molecule has 3 N–H and O–H groups in total. The zero-order valence-corrected chi connectivity index (χ0v) is 11.6. The zero-order valence-electron chi connectivity index (χ0n) is 11.6. The van der Waals surface area contributed by atoms with Crippen LogP contribution in [-0.4, -0.2) is 47.0 Å². The fourth-order valence-electron chi connectivity index (χ4n) is 3.30. The number of anilines is 1. The standard InChI is InChI=1S/C14H21N5O/c15-12-11(17-6-7-18-12)13(20)19-8-3-14(4-9-19)2-1-5-16-10-14/h6-7,16H,1-5,8-10H2,(H2,15,18). The first-order chi connectivity index (χ1) is 9.70. The first-order valence-electron chi connectivity index (χ1n) is 7.27. The van der Waals surface area contributed by atoms with Crippen LogP contribution in [0.15, 0.2) is 12.4 Å². The van der Waals surface area contributed by atoms with Gasteiger partial charge in [0.25, 0.3) is 5.91 Å². The molecule has 2 fully saturated rings. The van der Waals surface area contributed by atoms with E-state index in [0.29, 0.717) is 5.41 Å². The summed E-state index contributed by atoms with van der Waals surface area (Å²) in [5.41, 5.74) is 6.41. The van der Waals surface area contributed by atoms with Gasteiger partial charge >= 0.3 is 0 Å². The number of carbonyl (C=O) groups is 1. The van der Waals surface area contributed by atoms with Gasteiger partial charge in [-0.2, -0.15) is 0 Å². The fourth-order valence-corrected chi connectivity index (χ4v) is 3.30. The molecule has 1 aromatic heterocycles. The summed E-state index contributed by atoms with van der Waals surface area (Å²) < 4.78 is 0. The van der Waals surface area contributed by atoms with Crippen molar-refractivity contribution in [3.8, 4) is 0 Å². The lowest BCUT2D eigenvalue weighted by molar-refractivity contribution is 0.0509. The van der Waals surface area contributed by atoms with E-state index >= 15 is 0 Å². The van der Waals surface area contributed by atoms with E-state index in [0.717, 1.165) is 39.0 Å². The van der Waals surface area contributed by atoms with Gasteiger partial charge in [0, 0.05) is 32.0 Å². The molecule has 6 heteroatoms. The molecule has 108 valence electrons. The van der Waals surface area contributed by atoms with Crippen molar-refractivity contribution in [2.45, 2.75) is 25.7 Å². The third-order valence-corrected chi connectivity index (χ3v) is 4.60. The molecule has 3 heterocycles. The van der Waals surface area contributed by atoms with Gasteiger partial charge in [0.15, 0.2) is 11.5 Å². The van der Waals surface area contributed by atoms with Crippen LogP contribution >= 0.6 is 0 Å². The number of likely N-dealkylation sites (tertiary alicyclic amines) is 1. The van der Waals surface area contributed by atoms with Crippen molar-refractivity contribution in [1.29, 1.82) is 0 Å². The Morgan fingerprint density at radius 2 is 2.00 bits per heavy atom. The lowest BCUT2D eigenvalue weighted by Gasteiger charge is -2.44. The highest BCUT2D eigenvalue weighted by Gasteiger charge is 2.37. The number of carbonyl (C=O) groups excluding carboxylic acids is 1. The normalized spacial score (nSPS) is 21.9. The minimum atomic E-state index is -0.0887. The lowest BCUT2D eigenvalue weighted by Crippen LogP contribution is -2.49. The van der Waals surface area contributed by atoms with Crippen LogP contribution in [0.5, 0.6) is 0 Å². The molecule has 0 atom stereocenters. The molecule has 1 amide bonds. The van der Waals surface area contributed by atoms with E-state index in [2.05, 4.69) is 15.3 Å². The van der Waals surface area contributed by atoms with E-state index in [9.17, 15) is 4.79 Å². The maximum absolute atomic E-state index is 12.4. The molecule has 2 aliphatic rings. The van der Waals surface area contributed by atoms with Crippen molar-refractivity contribution in [3.05, 3.63) is 18.1 Å². The second-order valence-electron chi connectivity index (χ2n) is 5.86. The van der Waals surface area contributed by atoms with E-state index in [1.54, 1.807) is 0 Å². The van der Waals surface area contributed by atoms with Crippen LogP contribution in [0.2, 0.25) is 0 Å². The van der Waals surface area contributed by atoms with Crippen LogP contribution in [0.1, 0.15) is 36.2 Å². The van der Waals surface area contributed by atoms with Gasteiger partial charge in [-0.25, -0.2) is 9.97 Å². The summed E-state index contributed by atoms with van der Waals surface area (Å²) >= 11 is 0. The molecule has 6 nitrogen and oxygen atoms in total. The van der Waals surface area contributed by atoms with E-state index in [-0.39, 0.29) is 17.4 Å². The molecule has 1 spiro atoms.